The minimum Gasteiger partial charge on any atom is -0.481 e. The van der Waals surface area contributed by atoms with Crippen LogP contribution in [0.2, 0.25) is 0 Å². The van der Waals surface area contributed by atoms with Crippen LogP contribution in [0, 0.1) is 0 Å². The predicted molar refractivity (Wildman–Crippen MR) is 68.1 cm³/mol. The Morgan fingerprint density at radius 2 is 2.19 bits per heavy atom. The molecule has 0 unspecified atom stereocenters. The van der Waals surface area contributed by atoms with Crippen molar-refractivity contribution in [1.29, 1.82) is 0 Å². The van der Waals surface area contributed by atoms with Gasteiger partial charge in [-0.05, 0) is 6.42 Å². The second-order valence-corrected chi connectivity index (χ2v) is 4.53. The SMILES string of the molecule is CN(CCCC(=O)O)c1nccn2nc(C(F)(F)F)cc12. The molecule has 0 radical (unpaired) electrons. The number of fused-ring (bicyclic) bond motifs is 1. The molecule has 0 amide bonds. The Morgan fingerprint density at radius 1 is 1.48 bits per heavy atom. The Balaban J connectivity index is 2.27. The van der Waals surface area contributed by atoms with Gasteiger partial charge in [-0.1, -0.05) is 0 Å². The average Bonchev–Trinajstić information content (AvgIpc) is 2.81. The van der Waals surface area contributed by atoms with Crippen LogP contribution in [0.1, 0.15) is 18.5 Å². The van der Waals surface area contributed by atoms with E-state index < -0.39 is 17.8 Å². The largest absolute Gasteiger partial charge is 0.481 e. The van der Waals surface area contributed by atoms with Crippen LogP contribution in [0.25, 0.3) is 5.52 Å². The molecule has 0 saturated carbocycles. The summed E-state index contributed by atoms with van der Waals surface area (Å²) in [5.41, 5.74) is -0.765. The molecule has 9 heteroatoms. The summed E-state index contributed by atoms with van der Waals surface area (Å²) in [5.74, 6) is -0.593. The normalized spacial score (nSPS) is 11.8. The van der Waals surface area contributed by atoms with Crippen molar-refractivity contribution in [2.75, 3.05) is 18.5 Å². The van der Waals surface area contributed by atoms with Gasteiger partial charge in [-0.25, -0.2) is 9.50 Å². The van der Waals surface area contributed by atoms with E-state index in [0.29, 0.717) is 18.8 Å². The Bertz CT molecular complexity index is 653. The fourth-order valence-corrected chi connectivity index (χ4v) is 1.91. The van der Waals surface area contributed by atoms with Crippen molar-refractivity contribution in [1.82, 2.24) is 14.6 Å². The van der Waals surface area contributed by atoms with E-state index in [1.807, 2.05) is 0 Å². The molecule has 2 heterocycles. The lowest BCUT2D eigenvalue weighted by atomic mass is 10.3. The smallest absolute Gasteiger partial charge is 0.435 e. The van der Waals surface area contributed by atoms with E-state index in [9.17, 15) is 18.0 Å². The number of hydrogen-bond acceptors (Lipinski definition) is 4. The minimum atomic E-state index is -4.52. The van der Waals surface area contributed by atoms with Crippen molar-refractivity contribution in [2.24, 2.45) is 0 Å². The minimum absolute atomic E-state index is 0.0134. The molecular formula is C12H13F3N4O2. The molecule has 0 aliphatic rings. The quantitative estimate of drug-likeness (QED) is 0.915. The maximum Gasteiger partial charge on any atom is 0.435 e. The maximum atomic E-state index is 12.7. The summed E-state index contributed by atoms with van der Waals surface area (Å²) in [6.07, 6.45) is -1.48. The molecule has 0 saturated heterocycles. The second kappa shape index (κ2) is 5.58. The Hall–Kier alpha value is -2.32. The van der Waals surface area contributed by atoms with Gasteiger partial charge in [-0.2, -0.15) is 18.3 Å². The molecule has 0 aliphatic carbocycles. The van der Waals surface area contributed by atoms with E-state index in [1.165, 1.54) is 12.4 Å². The summed E-state index contributed by atoms with van der Waals surface area (Å²) in [5, 5.41) is 12.1. The average molecular weight is 302 g/mol. The van der Waals surface area contributed by atoms with Crippen LogP contribution < -0.4 is 4.90 Å². The topological polar surface area (TPSA) is 70.7 Å². The fourth-order valence-electron chi connectivity index (χ4n) is 1.91. The van der Waals surface area contributed by atoms with Gasteiger partial charge in [-0.15, -0.1) is 0 Å². The highest BCUT2D eigenvalue weighted by atomic mass is 19.4. The molecule has 6 nitrogen and oxygen atoms in total. The zero-order chi connectivity index (χ0) is 15.6. The first kappa shape index (κ1) is 15.1. The van der Waals surface area contributed by atoms with Crippen LogP contribution in [0.4, 0.5) is 19.0 Å². The van der Waals surface area contributed by atoms with Crippen LogP contribution in [0.5, 0.6) is 0 Å². The Labute approximate surface area is 117 Å². The standard InChI is InChI=1S/C12H13F3N4O2/c1-18(5-2-3-10(20)21)11-8-7-9(12(13,14)15)17-19(8)6-4-16-11/h4,6-7H,2-3,5H2,1H3,(H,20,21). The Morgan fingerprint density at radius 3 is 2.81 bits per heavy atom. The number of aromatic nitrogens is 3. The van der Waals surface area contributed by atoms with Gasteiger partial charge in [-0.3, -0.25) is 4.79 Å². The molecule has 0 atom stereocenters. The lowest BCUT2D eigenvalue weighted by Gasteiger charge is -2.18. The molecule has 2 aromatic rings. The van der Waals surface area contributed by atoms with Crippen molar-refractivity contribution in [3.63, 3.8) is 0 Å². The highest BCUT2D eigenvalue weighted by Crippen LogP contribution is 2.30. The number of anilines is 1. The number of nitrogens with zero attached hydrogens (tertiary/aromatic N) is 4. The molecular weight excluding hydrogens is 289 g/mol. The zero-order valence-corrected chi connectivity index (χ0v) is 11.1. The van der Waals surface area contributed by atoms with Crippen LogP contribution >= 0.6 is 0 Å². The summed E-state index contributed by atoms with van der Waals surface area (Å²) in [7, 11) is 1.64. The summed E-state index contributed by atoms with van der Waals surface area (Å²) in [4.78, 5) is 16.1. The molecule has 0 aliphatic heterocycles. The molecule has 2 aromatic heterocycles. The number of halogens is 3. The highest BCUT2D eigenvalue weighted by molar-refractivity contribution is 5.69. The van der Waals surface area contributed by atoms with E-state index in [1.54, 1.807) is 11.9 Å². The molecule has 21 heavy (non-hydrogen) atoms. The Kier molecular flexibility index (Phi) is 4.01. The third-order valence-electron chi connectivity index (χ3n) is 2.91. The molecule has 2 rings (SSSR count). The van der Waals surface area contributed by atoms with Gasteiger partial charge >= 0.3 is 12.1 Å². The first-order valence-corrected chi connectivity index (χ1v) is 6.13. The molecule has 114 valence electrons. The van der Waals surface area contributed by atoms with Gasteiger partial charge in [0.2, 0.25) is 0 Å². The van der Waals surface area contributed by atoms with Gasteiger partial charge < -0.3 is 10.0 Å². The number of hydrogen-bond donors (Lipinski definition) is 1. The van der Waals surface area contributed by atoms with Crippen LogP contribution in [-0.4, -0.2) is 39.3 Å². The highest BCUT2D eigenvalue weighted by Gasteiger charge is 2.34. The van der Waals surface area contributed by atoms with E-state index in [0.717, 1.165) is 10.6 Å². The second-order valence-electron chi connectivity index (χ2n) is 4.53. The third kappa shape index (κ3) is 3.41. The van der Waals surface area contributed by atoms with Crippen LogP contribution in [-0.2, 0) is 11.0 Å². The number of alkyl halides is 3. The lowest BCUT2D eigenvalue weighted by molar-refractivity contribution is -0.141. The van der Waals surface area contributed by atoms with Gasteiger partial charge in [0.1, 0.15) is 5.52 Å². The van der Waals surface area contributed by atoms with E-state index in [4.69, 9.17) is 5.11 Å². The fraction of sp³-hybridized carbons (Fsp3) is 0.417. The molecule has 0 fully saturated rings. The van der Waals surface area contributed by atoms with Crippen molar-refractivity contribution >= 4 is 17.3 Å². The number of rotatable bonds is 5. The summed E-state index contributed by atoms with van der Waals surface area (Å²) in [6.45, 7) is 0.367. The summed E-state index contributed by atoms with van der Waals surface area (Å²) < 4.78 is 39.1. The maximum absolute atomic E-state index is 12.7. The van der Waals surface area contributed by atoms with E-state index in [2.05, 4.69) is 10.1 Å². The van der Waals surface area contributed by atoms with Crippen molar-refractivity contribution in [3.05, 3.63) is 24.2 Å². The van der Waals surface area contributed by atoms with Crippen molar-refractivity contribution in [2.45, 2.75) is 19.0 Å². The third-order valence-corrected chi connectivity index (χ3v) is 2.91. The van der Waals surface area contributed by atoms with Crippen molar-refractivity contribution < 1.29 is 23.1 Å². The number of aliphatic carboxylic acids is 1. The summed E-state index contributed by atoms with van der Waals surface area (Å²) in [6, 6.07) is 0.927. The first-order valence-electron chi connectivity index (χ1n) is 6.13. The van der Waals surface area contributed by atoms with Crippen molar-refractivity contribution in [3.8, 4) is 0 Å². The van der Waals surface area contributed by atoms with Gasteiger partial charge in [0.05, 0.1) is 0 Å². The van der Waals surface area contributed by atoms with E-state index in [-0.39, 0.29) is 11.9 Å². The molecule has 0 aromatic carbocycles. The molecule has 0 spiro atoms. The number of carbonyl (C=O) groups is 1. The summed E-state index contributed by atoms with van der Waals surface area (Å²) >= 11 is 0. The van der Waals surface area contributed by atoms with Gasteiger partial charge in [0, 0.05) is 38.5 Å². The number of carboxylic acid groups (broad SMARTS) is 1. The first-order chi connectivity index (χ1) is 9.79. The predicted octanol–water partition coefficient (Wildman–Crippen LogP) is 2.05. The molecule has 1 N–H and O–H groups in total. The van der Waals surface area contributed by atoms with Crippen LogP contribution in [0.15, 0.2) is 18.5 Å². The number of carboxylic acids is 1. The van der Waals surface area contributed by atoms with Crippen LogP contribution in [0.3, 0.4) is 0 Å². The van der Waals surface area contributed by atoms with E-state index >= 15 is 0 Å². The monoisotopic (exact) mass is 302 g/mol. The lowest BCUT2D eigenvalue weighted by Crippen LogP contribution is -2.21. The zero-order valence-electron chi connectivity index (χ0n) is 11.1. The molecule has 0 bridgehead atoms. The van der Waals surface area contributed by atoms with Gasteiger partial charge in [0.15, 0.2) is 11.5 Å². The van der Waals surface area contributed by atoms with Gasteiger partial charge in [0.25, 0.3) is 0 Å².